The van der Waals surface area contributed by atoms with Crippen LogP contribution in [0.3, 0.4) is 0 Å². The highest BCUT2D eigenvalue weighted by Gasteiger charge is 2.19. The minimum Gasteiger partial charge on any atom is -0.493 e. The van der Waals surface area contributed by atoms with Gasteiger partial charge in [0.15, 0.2) is 11.4 Å². The first-order valence-electron chi connectivity index (χ1n) is 5.89. The van der Waals surface area contributed by atoms with E-state index in [9.17, 15) is 4.79 Å². The lowest BCUT2D eigenvalue weighted by Crippen LogP contribution is -2.16. The number of nitrogens with zero attached hydrogens (tertiary/aromatic N) is 4. The van der Waals surface area contributed by atoms with Crippen molar-refractivity contribution in [2.24, 2.45) is 0 Å². The number of imidazole rings is 1. The number of rotatable bonds is 3. The van der Waals surface area contributed by atoms with Crippen molar-refractivity contribution in [2.75, 3.05) is 12.4 Å². The van der Waals surface area contributed by atoms with Gasteiger partial charge < -0.3 is 4.74 Å². The number of amides is 1. The molecule has 0 aromatic carbocycles. The summed E-state index contributed by atoms with van der Waals surface area (Å²) in [6.45, 7) is 1.77. The van der Waals surface area contributed by atoms with Crippen LogP contribution in [0.15, 0.2) is 24.7 Å². The van der Waals surface area contributed by atoms with Gasteiger partial charge in [0.2, 0.25) is 5.95 Å². The van der Waals surface area contributed by atoms with Gasteiger partial charge in [0.05, 0.1) is 12.8 Å². The molecule has 0 aliphatic heterocycles. The van der Waals surface area contributed by atoms with Gasteiger partial charge in [-0.3, -0.25) is 14.5 Å². The van der Waals surface area contributed by atoms with Crippen molar-refractivity contribution < 1.29 is 9.53 Å². The van der Waals surface area contributed by atoms with Gasteiger partial charge in [-0.05, 0) is 19.1 Å². The smallest absolute Gasteiger partial charge is 0.276 e. The molecule has 3 heterocycles. The Morgan fingerprint density at radius 1 is 1.50 bits per heavy atom. The summed E-state index contributed by atoms with van der Waals surface area (Å²) in [5, 5.41) is 8.87. The number of hydrogen-bond acceptors (Lipinski definition) is 5. The molecular weight excluding hydrogens is 260 g/mol. The van der Waals surface area contributed by atoms with Crippen LogP contribution in [0, 0.1) is 6.92 Å². The Morgan fingerprint density at radius 2 is 2.35 bits per heavy atom. The molecule has 0 aliphatic rings. The highest BCUT2D eigenvalue weighted by Crippen LogP contribution is 2.21. The number of nitrogens with one attached hydrogen (secondary N) is 2. The quantitative estimate of drug-likeness (QED) is 0.742. The van der Waals surface area contributed by atoms with Gasteiger partial charge >= 0.3 is 0 Å². The molecule has 0 radical (unpaired) electrons. The Balaban J connectivity index is 2.07. The summed E-state index contributed by atoms with van der Waals surface area (Å²) in [6, 6.07) is 3.58. The third-order valence-electron chi connectivity index (χ3n) is 2.87. The van der Waals surface area contributed by atoms with Crippen molar-refractivity contribution >= 4 is 17.5 Å². The first-order chi connectivity index (χ1) is 9.70. The molecule has 0 unspecified atom stereocenters. The van der Waals surface area contributed by atoms with Gasteiger partial charge in [0.25, 0.3) is 5.91 Å². The van der Waals surface area contributed by atoms with E-state index in [0.29, 0.717) is 22.8 Å². The predicted molar refractivity (Wildman–Crippen MR) is 70.8 cm³/mol. The third kappa shape index (κ3) is 1.87. The van der Waals surface area contributed by atoms with Crippen LogP contribution in [0.4, 0.5) is 5.95 Å². The van der Waals surface area contributed by atoms with Crippen LogP contribution >= 0.6 is 0 Å². The molecule has 0 saturated carbocycles. The molecule has 2 N–H and O–H groups in total. The Hall–Kier alpha value is -2.90. The van der Waals surface area contributed by atoms with Crippen LogP contribution in [0.25, 0.3) is 5.65 Å². The Bertz CT molecular complexity index is 762. The Labute approximate surface area is 113 Å². The maximum Gasteiger partial charge on any atom is 0.276 e. The fourth-order valence-corrected chi connectivity index (χ4v) is 2.02. The van der Waals surface area contributed by atoms with Crippen molar-refractivity contribution in [1.29, 1.82) is 0 Å². The fraction of sp³-hybridized carbons (Fsp3) is 0.167. The molecule has 0 atom stereocenters. The number of pyridine rings is 1. The van der Waals surface area contributed by atoms with Crippen LogP contribution < -0.4 is 10.1 Å². The fourth-order valence-electron chi connectivity index (χ4n) is 2.02. The summed E-state index contributed by atoms with van der Waals surface area (Å²) < 4.78 is 6.92. The predicted octanol–water partition coefficient (Wildman–Crippen LogP) is 1.02. The van der Waals surface area contributed by atoms with Gasteiger partial charge in [0.1, 0.15) is 12.0 Å². The summed E-state index contributed by atoms with van der Waals surface area (Å²) in [4.78, 5) is 20.5. The van der Waals surface area contributed by atoms with Crippen LogP contribution in [0.5, 0.6) is 5.75 Å². The average molecular weight is 272 g/mol. The monoisotopic (exact) mass is 272 g/mol. The summed E-state index contributed by atoms with van der Waals surface area (Å²) in [5.74, 6) is 0.571. The number of carbonyl (C=O) groups is 1. The number of fused-ring (bicyclic) bond motifs is 1. The third-order valence-corrected chi connectivity index (χ3v) is 2.87. The van der Waals surface area contributed by atoms with Crippen molar-refractivity contribution in [3.8, 4) is 5.75 Å². The second-order valence-corrected chi connectivity index (χ2v) is 4.10. The molecule has 3 rings (SSSR count). The van der Waals surface area contributed by atoms with E-state index in [-0.39, 0.29) is 11.9 Å². The van der Waals surface area contributed by atoms with Crippen molar-refractivity contribution in [2.45, 2.75) is 6.92 Å². The van der Waals surface area contributed by atoms with E-state index < -0.39 is 0 Å². The number of ether oxygens (including phenoxy) is 1. The minimum absolute atomic E-state index is 0.284. The summed E-state index contributed by atoms with van der Waals surface area (Å²) >= 11 is 0. The summed E-state index contributed by atoms with van der Waals surface area (Å²) in [5.41, 5.74) is 1.62. The first-order valence-corrected chi connectivity index (χ1v) is 5.89. The van der Waals surface area contributed by atoms with Crippen LogP contribution in [-0.4, -0.2) is 37.6 Å². The van der Waals surface area contributed by atoms with Crippen molar-refractivity contribution in [1.82, 2.24) is 24.6 Å². The van der Waals surface area contributed by atoms with Crippen molar-refractivity contribution in [3.63, 3.8) is 0 Å². The van der Waals surface area contributed by atoms with E-state index in [2.05, 4.69) is 25.5 Å². The molecule has 0 bridgehead atoms. The molecule has 8 heteroatoms. The number of aryl methyl sites for hydroxylation is 1. The van der Waals surface area contributed by atoms with E-state index in [1.54, 1.807) is 36.8 Å². The number of methoxy groups -OCH3 is 1. The second kappa shape index (κ2) is 4.65. The molecule has 0 aliphatic carbocycles. The van der Waals surface area contributed by atoms with Gasteiger partial charge in [-0.2, -0.15) is 10.1 Å². The zero-order valence-corrected chi connectivity index (χ0v) is 10.9. The number of aromatic amines is 1. The molecule has 0 saturated heterocycles. The number of anilines is 1. The zero-order chi connectivity index (χ0) is 14.1. The first kappa shape index (κ1) is 12.2. The van der Waals surface area contributed by atoms with Crippen LogP contribution in [-0.2, 0) is 0 Å². The van der Waals surface area contributed by atoms with E-state index in [1.807, 2.05) is 0 Å². The lowest BCUT2D eigenvalue weighted by atomic mass is 10.3. The number of hydrogen-bond donors (Lipinski definition) is 2. The molecule has 3 aromatic rings. The lowest BCUT2D eigenvalue weighted by molar-refractivity contribution is 0.102. The largest absolute Gasteiger partial charge is 0.493 e. The van der Waals surface area contributed by atoms with Gasteiger partial charge in [-0.25, -0.2) is 10.1 Å². The number of carbonyl (C=O) groups excluding carboxylic acids is 1. The molecular formula is C12H12N6O2. The second-order valence-electron chi connectivity index (χ2n) is 4.10. The highest BCUT2D eigenvalue weighted by molar-refractivity contribution is 6.03. The maximum absolute atomic E-state index is 12.3. The zero-order valence-electron chi connectivity index (χ0n) is 10.9. The van der Waals surface area contributed by atoms with E-state index in [1.165, 1.54) is 6.33 Å². The summed E-state index contributed by atoms with van der Waals surface area (Å²) in [6.07, 6.45) is 3.08. The van der Waals surface area contributed by atoms with Gasteiger partial charge in [-0.1, -0.05) is 0 Å². The standard InChI is InChI=1S/C12H12N6O2/c1-7-9(11(19)16-12-13-6-14-17-12)18-5-3-4-8(20-2)10(18)15-7/h3-6H,1-2H3,(H2,13,14,16,17,19). The SMILES string of the molecule is COc1cccn2c(C(=O)Nc3ncn[nH]3)c(C)nc12. The molecule has 8 nitrogen and oxygen atoms in total. The molecule has 0 spiro atoms. The van der Waals surface area contributed by atoms with E-state index in [4.69, 9.17) is 4.74 Å². The lowest BCUT2D eigenvalue weighted by Gasteiger charge is -2.04. The van der Waals surface area contributed by atoms with E-state index in [0.717, 1.165) is 0 Å². The summed E-state index contributed by atoms with van der Waals surface area (Å²) in [7, 11) is 1.56. The molecule has 20 heavy (non-hydrogen) atoms. The van der Waals surface area contributed by atoms with Gasteiger partial charge in [0, 0.05) is 6.20 Å². The Kier molecular flexibility index (Phi) is 2.82. The number of aromatic nitrogens is 5. The normalized spacial score (nSPS) is 10.7. The van der Waals surface area contributed by atoms with Crippen LogP contribution in [0.1, 0.15) is 16.2 Å². The highest BCUT2D eigenvalue weighted by atomic mass is 16.5. The minimum atomic E-state index is -0.319. The topological polar surface area (TPSA) is 97.2 Å². The van der Waals surface area contributed by atoms with Crippen molar-refractivity contribution in [3.05, 3.63) is 36.0 Å². The molecule has 102 valence electrons. The van der Waals surface area contributed by atoms with E-state index >= 15 is 0 Å². The molecule has 3 aromatic heterocycles. The molecule has 1 amide bonds. The average Bonchev–Trinajstić information content (AvgIpc) is 3.04. The van der Waals surface area contributed by atoms with Gasteiger partial charge in [-0.15, -0.1) is 0 Å². The Morgan fingerprint density at radius 3 is 3.05 bits per heavy atom. The maximum atomic E-state index is 12.3. The molecule has 0 fully saturated rings. The van der Waals surface area contributed by atoms with Crippen LogP contribution in [0.2, 0.25) is 0 Å². The number of H-pyrrole nitrogens is 1.